The van der Waals surface area contributed by atoms with E-state index in [0.717, 1.165) is 48.9 Å². The first-order valence-electron chi connectivity index (χ1n) is 8.56. The number of hydrogen-bond donors (Lipinski definition) is 0. The Morgan fingerprint density at radius 3 is 2.88 bits per heavy atom. The number of carbonyl (C=O) groups is 1. The van der Waals surface area contributed by atoms with Crippen LogP contribution in [0.2, 0.25) is 0 Å². The van der Waals surface area contributed by atoms with Gasteiger partial charge in [0, 0.05) is 25.9 Å². The summed E-state index contributed by atoms with van der Waals surface area (Å²) in [5.74, 6) is 2.95. The third kappa shape index (κ3) is 3.58. The standard InChI is InChI=1S/C18H24N4O2/c1-3-16-19-20-17-13-21(10-11-22(16)17)18(23)9-6-12-24-15-8-5-4-7-14(15)2/h4-5,7-8H,3,6,9-13H2,1-2H3. The fourth-order valence-corrected chi connectivity index (χ4v) is 2.97. The minimum Gasteiger partial charge on any atom is -0.493 e. The van der Waals surface area contributed by atoms with Gasteiger partial charge in [-0.05, 0) is 25.0 Å². The van der Waals surface area contributed by atoms with Gasteiger partial charge in [0.1, 0.15) is 11.6 Å². The molecule has 0 atom stereocenters. The summed E-state index contributed by atoms with van der Waals surface area (Å²) in [6, 6.07) is 7.93. The second kappa shape index (κ2) is 7.47. The number of benzene rings is 1. The first kappa shape index (κ1) is 16.5. The Balaban J connectivity index is 1.45. The van der Waals surface area contributed by atoms with Crippen LogP contribution in [-0.2, 0) is 24.3 Å². The fraction of sp³-hybridized carbons (Fsp3) is 0.500. The van der Waals surface area contributed by atoms with Crippen molar-refractivity contribution in [2.75, 3.05) is 13.2 Å². The first-order chi connectivity index (χ1) is 11.7. The molecule has 0 unspecified atom stereocenters. The number of nitrogens with zero attached hydrogens (tertiary/aromatic N) is 4. The van der Waals surface area contributed by atoms with Crippen LogP contribution in [0.25, 0.3) is 0 Å². The van der Waals surface area contributed by atoms with Crippen molar-refractivity contribution in [1.82, 2.24) is 19.7 Å². The van der Waals surface area contributed by atoms with E-state index in [9.17, 15) is 4.79 Å². The third-order valence-corrected chi connectivity index (χ3v) is 4.38. The Bertz CT molecular complexity index is 711. The minimum atomic E-state index is 0.163. The summed E-state index contributed by atoms with van der Waals surface area (Å²) < 4.78 is 7.88. The van der Waals surface area contributed by atoms with Crippen LogP contribution in [0.1, 0.15) is 37.0 Å². The predicted molar refractivity (Wildman–Crippen MR) is 90.7 cm³/mol. The number of ether oxygens (including phenoxy) is 1. The van der Waals surface area contributed by atoms with E-state index in [4.69, 9.17) is 4.74 Å². The lowest BCUT2D eigenvalue weighted by atomic mass is 10.2. The first-order valence-corrected chi connectivity index (χ1v) is 8.56. The Morgan fingerprint density at radius 2 is 2.08 bits per heavy atom. The van der Waals surface area contributed by atoms with Gasteiger partial charge in [0.15, 0.2) is 5.82 Å². The van der Waals surface area contributed by atoms with Crippen LogP contribution in [0.15, 0.2) is 24.3 Å². The van der Waals surface area contributed by atoms with Crippen molar-refractivity contribution in [1.29, 1.82) is 0 Å². The van der Waals surface area contributed by atoms with Crippen LogP contribution in [0.4, 0.5) is 0 Å². The quantitative estimate of drug-likeness (QED) is 0.764. The number of fused-ring (bicyclic) bond motifs is 1. The van der Waals surface area contributed by atoms with Gasteiger partial charge in [0.25, 0.3) is 0 Å². The number of carbonyl (C=O) groups excluding carboxylic acids is 1. The smallest absolute Gasteiger partial charge is 0.223 e. The molecule has 2 heterocycles. The van der Waals surface area contributed by atoms with Crippen molar-refractivity contribution >= 4 is 5.91 Å². The van der Waals surface area contributed by atoms with E-state index in [1.54, 1.807) is 0 Å². The number of rotatable bonds is 6. The van der Waals surface area contributed by atoms with Crippen LogP contribution < -0.4 is 4.74 Å². The Kier molecular flexibility index (Phi) is 5.13. The summed E-state index contributed by atoms with van der Waals surface area (Å²) in [5.41, 5.74) is 1.12. The van der Waals surface area contributed by atoms with Gasteiger partial charge < -0.3 is 14.2 Å². The average Bonchev–Trinajstić information content (AvgIpc) is 3.02. The third-order valence-electron chi connectivity index (χ3n) is 4.38. The topological polar surface area (TPSA) is 60.2 Å². The summed E-state index contributed by atoms with van der Waals surface area (Å²) in [6.07, 6.45) is 2.09. The molecule has 6 nitrogen and oxygen atoms in total. The van der Waals surface area contributed by atoms with Gasteiger partial charge in [-0.2, -0.15) is 0 Å². The zero-order chi connectivity index (χ0) is 16.9. The lowest BCUT2D eigenvalue weighted by molar-refractivity contribution is -0.133. The lowest BCUT2D eigenvalue weighted by Crippen LogP contribution is -2.38. The Labute approximate surface area is 142 Å². The maximum Gasteiger partial charge on any atom is 0.223 e. The van der Waals surface area contributed by atoms with Crippen LogP contribution in [0.3, 0.4) is 0 Å². The second-order valence-corrected chi connectivity index (χ2v) is 6.07. The molecule has 3 rings (SSSR count). The molecule has 1 aromatic carbocycles. The van der Waals surface area contributed by atoms with Gasteiger partial charge in [0.2, 0.25) is 5.91 Å². The van der Waals surface area contributed by atoms with E-state index < -0.39 is 0 Å². The summed E-state index contributed by atoms with van der Waals surface area (Å²) in [7, 11) is 0. The molecule has 1 aliphatic rings. The van der Waals surface area contributed by atoms with Gasteiger partial charge in [-0.25, -0.2) is 0 Å². The van der Waals surface area contributed by atoms with Crippen molar-refractivity contribution in [3.05, 3.63) is 41.5 Å². The van der Waals surface area contributed by atoms with Crippen molar-refractivity contribution in [2.24, 2.45) is 0 Å². The molecular formula is C18H24N4O2. The SMILES string of the molecule is CCc1nnc2n1CCN(C(=O)CCCOc1ccccc1C)C2. The lowest BCUT2D eigenvalue weighted by Gasteiger charge is -2.28. The van der Waals surface area contributed by atoms with Gasteiger partial charge in [-0.1, -0.05) is 25.1 Å². The molecule has 2 aromatic rings. The highest BCUT2D eigenvalue weighted by Gasteiger charge is 2.23. The molecule has 1 aliphatic heterocycles. The Morgan fingerprint density at radius 1 is 1.25 bits per heavy atom. The number of aryl methyl sites for hydroxylation is 2. The van der Waals surface area contributed by atoms with Crippen LogP contribution in [0, 0.1) is 6.92 Å². The maximum absolute atomic E-state index is 12.4. The molecule has 1 amide bonds. The molecule has 0 aliphatic carbocycles. The van der Waals surface area contributed by atoms with E-state index >= 15 is 0 Å². The van der Waals surface area contributed by atoms with E-state index in [1.807, 2.05) is 36.1 Å². The average molecular weight is 328 g/mol. The minimum absolute atomic E-state index is 0.163. The van der Waals surface area contributed by atoms with Gasteiger partial charge in [-0.3, -0.25) is 4.79 Å². The summed E-state index contributed by atoms with van der Waals surface area (Å²) in [5, 5.41) is 8.38. The highest BCUT2D eigenvalue weighted by Crippen LogP contribution is 2.17. The highest BCUT2D eigenvalue weighted by molar-refractivity contribution is 5.76. The summed E-state index contributed by atoms with van der Waals surface area (Å²) in [4.78, 5) is 14.2. The molecule has 0 radical (unpaired) electrons. The Hall–Kier alpha value is -2.37. The number of aromatic nitrogens is 3. The van der Waals surface area contributed by atoms with Crippen molar-refractivity contribution in [3.63, 3.8) is 0 Å². The molecular weight excluding hydrogens is 304 g/mol. The van der Waals surface area contributed by atoms with E-state index in [1.165, 1.54) is 0 Å². The zero-order valence-electron chi connectivity index (χ0n) is 14.4. The fourth-order valence-electron chi connectivity index (χ4n) is 2.97. The maximum atomic E-state index is 12.4. The molecule has 0 N–H and O–H groups in total. The normalized spacial score (nSPS) is 13.7. The number of hydrogen-bond acceptors (Lipinski definition) is 4. The molecule has 1 aromatic heterocycles. The van der Waals surface area contributed by atoms with Crippen molar-refractivity contribution in [3.8, 4) is 5.75 Å². The molecule has 6 heteroatoms. The van der Waals surface area contributed by atoms with Crippen molar-refractivity contribution < 1.29 is 9.53 Å². The zero-order valence-corrected chi connectivity index (χ0v) is 14.4. The summed E-state index contributed by atoms with van der Waals surface area (Å²) >= 11 is 0. The van der Waals surface area contributed by atoms with Crippen LogP contribution in [-0.4, -0.2) is 38.7 Å². The van der Waals surface area contributed by atoms with E-state index in [2.05, 4.69) is 21.7 Å². The van der Waals surface area contributed by atoms with Crippen LogP contribution in [0.5, 0.6) is 5.75 Å². The summed E-state index contributed by atoms with van der Waals surface area (Å²) in [6.45, 7) is 6.73. The monoisotopic (exact) mass is 328 g/mol. The van der Waals surface area contributed by atoms with Gasteiger partial charge >= 0.3 is 0 Å². The van der Waals surface area contributed by atoms with Crippen LogP contribution >= 0.6 is 0 Å². The highest BCUT2D eigenvalue weighted by atomic mass is 16.5. The molecule has 0 saturated carbocycles. The number of amides is 1. The number of para-hydroxylation sites is 1. The van der Waals surface area contributed by atoms with E-state index in [0.29, 0.717) is 19.6 Å². The van der Waals surface area contributed by atoms with E-state index in [-0.39, 0.29) is 5.91 Å². The van der Waals surface area contributed by atoms with Crippen molar-refractivity contribution in [2.45, 2.75) is 46.2 Å². The predicted octanol–water partition coefficient (Wildman–Crippen LogP) is 2.35. The molecule has 0 saturated heterocycles. The molecule has 0 spiro atoms. The van der Waals surface area contributed by atoms with Gasteiger partial charge in [0.05, 0.1) is 13.2 Å². The molecule has 128 valence electrons. The molecule has 0 fully saturated rings. The molecule has 24 heavy (non-hydrogen) atoms. The largest absolute Gasteiger partial charge is 0.493 e. The second-order valence-electron chi connectivity index (χ2n) is 6.07. The molecule has 0 bridgehead atoms. The van der Waals surface area contributed by atoms with Gasteiger partial charge in [-0.15, -0.1) is 10.2 Å².